The summed E-state index contributed by atoms with van der Waals surface area (Å²) in [6, 6.07) is 14.0. The summed E-state index contributed by atoms with van der Waals surface area (Å²) in [5.74, 6) is 0. The van der Waals surface area contributed by atoms with Crippen molar-refractivity contribution in [2.24, 2.45) is 5.73 Å². The van der Waals surface area contributed by atoms with Crippen LogP contribution in [0, 0.1) is 0 Å². The summed E-state index contributed by atoms with van der Waals surface area (Å²) in [7, 11) is 0. The number of fused-ring (bicyclic) bond motifs is 1. The molecular weight excluding hydrogens is 378 g/mol. The first-order valence-corrected chi connectivity index (χ1v) is 8.75. The molecule has 3 rings (SSSR count). The maximum atomic E-state index is 6.10. The fourth-order valence-electron chi connectivity index (χ4n) is 3.04. The highest BCUT2D eigenvalue weighted by Crippen LogP contribution is 2.39. The van der Waals surface area contributed by atoms with E-state index in [1.807, 2.05) is 30.3 Å². The van der Waals surface area contributed by atoms with E-state index < -0.39 is 5.60 Å². The van der Waals surface area contributed by atoms with Crippen molar-refractivity contribution in [3.63, 3.8) is 0 Å². The summed E-state index contributed by atoms with van der Waals surface area (Å²) in [4.78, 5) is 0. The van der Waals surface area contributed by atoms with Crippen molar-refractivity contribution in [3.8, 4) is 0 Å². The van der Waals surface area contributed by atoms with Crippen LogP contribution in [-0.2, 0) is 28.3 Å². The van der Waals surface area contributed by atoms with Gasteiger partial charge in [0, 0.05) is 9.50 Å². The fraction of sp³-hybridized carbons (Fsp3) is 0.333. The number of halogens is 2. The van der Waals surface area contributed by atoms with Gasteiger partial charge in [0.05, 0.1) is 19.8 Å². The minimum atomic E-state index is -0.443. The molecule has 2 aromatic rings. The molecule has 0 spiro atoms. The van der Waals surface area contributed by atoms with Gasteiger partial charge in [0.1, 0.15) is 5.60 Å². The van der Waals surface area contributed by atoms with Crippen LogP contribution in [0.2, 0.25) is 5.02 Å². The normalized spacial score (nSPS) is 19.8. The molecule has 0 saturated carbocycles. The van der Waals surface area contributed by atoms with Crippen molar-refractivity contribution in [1.29, 1.82) is 0 Å². The first-order valence-electron chi connectivity index (χ1n) is 7.58. The zero-order valence-corrected chi connectivity index (χ0v) is 15.1. The average molecular weight is 397 g/mol. The van der Waals surface area contributed by atoms with Gasteiger partial charge in [-0.2, -0.15) is 0 Å². The quantitative estimate of drug-likeness (QED) is 0.787. The van der Waals surface area contributed by atoms with Crippen molar-refractivity contribution < 1.29 is 9.47 Å². The number of hydrogen-bond donors (Lipinski definition) is 1. The Kier molecular flexibility index (Phi) is 5.39. The van der Waals surface area contributed by atoms with Crippen molar-refractivity contribution in [3.05, 3.63) is 68.7 Å². The zero-order valence-electron chi connectivity index (χ0n) is 12.7. The standard InChI is InChI=1S/C18H19BrClNO2/c19-15-7-13(8-16(20)9-15)10-22-12-18(5-6-21)17-4-2-1-3-14(17)11-23-18/h1-4,7-9H,5-6,10-12,21H2. The van der Waals surface area contributed by atoms with Gasteiger partial charge in [-0.05, 0) is 47.9 Å². The maximum Gasteiger partial charge on any atom is 0.118 e. The third-order valence-electron chi connectivity index (χ3n) is 4.09. The van der Waals surface area contributed by atoms with Gasteiger partial charge in [0.25, 0.3) is 0 Å². The summed E-state index contributed by atoms with van der Waals surface area (Å²) in [5.41, 5.74) is 8.81. The molecule has 122 valence electrons. The molecule has 0 bridgehead atoms. The van der Waals surface area contributed by atoms with Crippen LogP contribution in [0.5, 0.6) is 0 Å². The molecule has 0 fully saturated rings. The summed E-state index contributed by atoms with van der Waals surface area (Å²) in [6.07, 6.45) is 0.739. The third kappa shape index (κ3) is 3.78. The molecule has 1 unspecified atom stereocenters. The van der Waals surface area contributed by atoms with Crippen LogP contribution in [-0.4, -0.2) is 13.2 Å². The lowest BCUT2D eigenvalue weighted by Crippen LogP contribution is -2.34. The van der Waals surface area contributed by atoms with E-state index in [2.05, 4.69) is 28.1 Å². The Balaban J connectivity index is 1.72. The van der Waals surface area contributed by atoms with E-state index in [1.54, 1.807) is 0 Å². The molecule has 1 atom stereocenters. The molecule has 1 aliphatic rings. The van der Waals surface area contributed by atoms with E-state index in [4.69, 9.17) is 26.8 Å². The summed E-state index contributed by atoms with van der Waals surface area (Å²) >= 11 is 9.52. The van der Waals surface area contributed by atoms with E-state index in [0.717, 1.165) is 16.5 Å². The Morgan fingerprint density at radius 2 is 2.09 bits per heavy atom. The van der Waals surface area contributed by atoms with Crippen LogP contribution in [0.4, 0.5) is 0 Å². The highest BCUT2D eigenvalue weighted by molar-refractivity contribution is 9.10. The molecule has 0 radical (unpaired) electrons. The van der Waals surface area contributed by atoms with Crippen LogP contribution >= 0.6 is 27.5 Å². The Morgan fingerprint density at radius 3 is 2.87 bits per heavy atom. The molecule has 2 N–H and O–H groups in total. The Hall–Kier alpha value is -0.910. The Morgan fingerprint density at radius 1 is 1.26 bits per heavy atom. The topological polar surface area (TPSA) is 44.5 Å². The predicted octanol–water partition coefficient (Wildman–Crippen LogP) is 4.39. The van der Waals surface area contributed by atoms with Crippen molar-refractivity contribution in [2.45, 2.75) is 25.2 Å². The van der Waals surface area contributed by atoms with E-state index in [9.17, 15) is 0 Å². The summed E-state index contributed by atoms with van der Waals surface area (Å²) in [6.45, 7) is 2.13. The molecule has 5 heteroatoms. The van der Waals surface area contributed by atoms with Gasteiger partial charge >= 0.3 is 0 Å². The van der Waals surface area contributed by atoms with Crippen LogP contribution in [0.1, 0.15) is 23.1 Å². The van der Waals surface area contributed by atoms with Gasteiger partial charge < -0.3 is 15.2 Å². The van der Waals surface area contributed by atoms with Crippen LogP contribution in [0.3, 0.4) is 0 Å². The molecule has 3 nitrogen and oxygen atoms in total. The monoisotopic (exact) mass is 395 g/mol. The third-order valence-corrected chi connectivity index (χ3v) is 4.76. The van der Waals surface area contributed by atoms with E-state index in [0.29, 0.717) is 31.4 Å². The minimum absolute atomic E-state index is 0.443. The van der Waals surface area contributed by atoms with Gasteiger partial charge in [-0.1, -0.05) is 51.8 Å². The van der Waals surface area contributed by atoms with E-state index in [-0.39, 0.29) is 0 Å². The molecule has 0 aromatic heterocycles. The van der Waals surface area contributed by atoms with Gasteiger partial charge in [0.15, 0.2) is 0 Å². The molecule has 2 aromatic carbocycles. The smallest absolute Gasteiger partial charge is 0.118 e. The van der Waals surface area contributed by atoms with Gasteiger partial charge in [0.2, 0.25) is 0 Å². The molecule has 0 amide bonds. The van der Waals surface area contributed by atoms with Crippen LogP contribution < -0.4 is 5.73 Å². The SMILES string of the molecule is NCCC1(COCc2cc(Cl)cc(Br)c2)OCc2ccccc21. The average Bonchev–Trinajstić information content (AvgIpc) is 2.86. The molecule has 0 saturated heterocycles. The molecule has 1 aliphatic heterocycles. The largest absolute Gasteiger partial charge is 0.373 e. The fourth-order valence-corrected chi connectivity index (χ4v) is 3.97. The zero-order chi connectivity index (χ0) is 16.3. The van der Waals surface area contributed by atoms with Gasteiger partial charge in [-0.25, -0.2) is 0 Å². The molecular formula is C18H19BrClNO2. The number of benzene rings is 2. The van der Waals surface area contributed by atoms with Crippen LogP contribution in [0.15, 0.2) is 46.9 Å². The van der Waals surface area contributed by atoms with Crippen molar-refractivity contribution in [2.75, 3.05) is 13.2 Å². The number of rotatable bonds is 6. The lowest BCUT2D eigenvalue weighted by Gasteiger charge is -2.29. The maximum absolute atomic E-state index is 6.10. The lowest BCUT2D eigenvalue weighted by atomic mass is 9.90. The minimum Gasteiger partial charge on any atom is -0.373 e. The molecule has 23 heavy (non-hydrogen) atoms. The number of ether oxygens (including phenoxy) is 2. The van der Waals surface area contributed by atoms with E-state index in [1.165, 1.54) is 11.1 Å². The van der Waals surface area contributed by atoms with Crippen molar-refractivity contribution >= 4 is 27.5 Å². The highest BCUT2D eigenvalue weighted by atomic mass is 79.9. The van der Waals surface area contributed by atoms with Gasteiger partial charge in [-0.3, -0.25) is 0 Å². The number of nitrogens with two attached hydrogens (primary N) is 1. The lowest BCUT2D eigenvalue weighted by molar-refractivity contribution is -0.101. The summed E-state index contributed by atoms with van der Waals surface area (Å²) in [5, 5.41) is 0.692. The molecule has 0 aliphatic carbocycles. The summed E-state index contributed by atoms with van der Waals surface area (Å²) < 4.78 is 13.0. The Bertz CT molecular complexity index is 670. The van der Waals surface area contributed by atoms with Crippen LogP contribution in [0.25, 0.3) is 0 Å². The second-order valence-electron chi connectivity index (χ2n) is 5.75. The first-order chi connectivity index (χ1) is 11.1. The molecule has 1 heterocycles. The second kappa shape index (κ2) is 7.32. The van der Waals surface area contributed by atoms with Crippen molar-refractivity contribution in [1.82, 2.24) is 0 Å². The first kappa shape index (κ1) is 16.9. The number of hydrogen-bond acceptors (Lipinski definition) is 3. The second-order valence-corrected chi connectivity index (χ2v) is 7.10. The highest BCUT2D eigenvalue weighted by Gasteiger charge is 2.39. The predicted molar refractivity (Wildman–Crippen MR) is 95.4 cm³/mol. The Labute approximate surface area is 149 Å². The van der Waals surface area contributed by atoms with Gasteiger partial charge in [-0.15, -0.1) is 0 Å². The van der Waals surface area contributed by atoms with E-state index >= 15 is 0 Å².